The first kappa shape index (κ1) is 21.3. The van der Waals surface area contributed by atoms with Gasteiger partial charge in [-0.15, -0.1) is 11.8 Å². The molecule has 3 rings (SSSR count). The second-order valence-electron chi connectivity index (χ2n) is 6.30. The van der Waals surface area contributed by atoms with E-state index < -0.39 is 22.0 Å². The Balaban J connectivity index is 2.08. The topological polar surface area (TPSA) is 99.6 Å². The van der Waals surface area contributed by atoms with Gasteiger partial charge in [-0.25, -0.2) is 22.5 Å². The maximum absolute atomic E-state index is 13.1. The first-order valence-corrected chi connectivity index (χ1v) is 11.8. The van der Waals surface area contributed by atoms with Crippen LogP contribution in [0.15, 0.2) is 59.3 Å². The zero-order chi connectivity index (χ0) is 21.2. The van der Waals surface area contributed by atoms with E-state index in [1.165, 1.54) is 18.7 Å². The van der Waals surface area contributed by atoms with Gasteiger partial charge in [-0.2, -0.15) is 0 Å². The van der Waals surface area contributed by atoms with Gasteiger partial charge < -0.3 is 10.4 Å². The Kier molecular flexibility index (Phi) is 6.25. The van der Waals surface area contributed by atoms with Gasteiger partial charge in [0.1, 0.15) is 5.03 Å². The number of thiocarbonyl (C=S) groups is 1. The van der Waals surface area contributed by atoms with E-state index in [1.54, 1.807) is 48.7 Å². The summed E-state index contributed by atoms with van der Waals surface area (Å²) in [5, 5.41) is 13.3. The second kappa shape index (κ2) is 8.52. The molecule has 0 bridgehead atoms. The van der Waals surface area contributed by atoms with E-state index in [0.717, 1.165) is 4.31 Å². The van der Waals surface area contributed by atoms with Crippen LogP contribution in [-0.2, 0) is 20.6 Å². The van der Waals surface area contributed by atoms with E-state index in [-0.39, 0.29) is 22.1 Å². The molecule has 10 heteroatoms. The molecular formula is C19H19N3O4S3. The van der Waals surface area contributed by atoms with E-state index >= 15 is 0 Å². The quantitative estimate of drug-likeness (QED) is 0.513. The number of nitrogens with zero attached hydrogens (tertiary/aromatic N) is 2. The largest absolute Gasteiger partial charge is 0.478 e. The molecule has 1 unspecified atom stereocenters. The molecule has 2 N–H and O–H groups in total. The van der Waals surface area contributed by atoms with Gasteiger partial charge >= 0.3 is 5.97 Å². The lowest BCUT2D eigenvalue weighted by atomic mass is 10.0. The second-order valence-corrected chi connectivity index (χ2v) is 9.33. The molecule has 0 saturated heterocycles. The molecule has 152 valence electrons. The van der Waals surface area contributed by atoms with Crippen LogP contribution in [0.4, 0.5) is 0 Å². The molecule has 7 nitrogen and oxygen atoms in total. The Labute approximate surface area is 178 Å². The van der Waals surface area contributed by atoms with Gasteiger partial charge in [-0.1, -0.05) is 30.3 Å². The van der Waals surface area contributed by atoms with Crippen molar-refractivity contribution in [3.63, 3.8) is 0 Å². The average Bonchev–Trinajstić information content (AvgIpc) is 2.67. The van der Waals surface area contributed by atoms with Crippen molar-refractivity contribution in [3.05, 3.63) is 65.4 Å². The molecule has 1 aliphatic rings. The standard InChI is InChI=1S/C19H19N3O4S3/c1-12-15(18(23)24)16(14-9-6-10-20-17(14)28-2)21-19(27)22(12)29(25,26)11-13-7-4-3-5-8-13/h3-10,12H,11H2,1-2H3,(H,21,27)(H,23,24). The van der Waals surface area contributed by atoms with Crippen molar-refractivity contribution in [3.8, 4) is 0 Å². The lowest BCUT2D eigenvalue weighted by molar-refractivity contribution is -0.133. The number of pyridine rings is 1. The molecule has 0 saturated carbocycles. The van der Waals surface area contributed by atoms with Gasteiger partial charge in [0.25, 0.3) is 0 Å². The molecule has 0 fully saturated rings. The van der Waals surface area contributed by atoms with Crippen molar-refractivity contribution in [1.82, 2.24) is 14.6 Å². The molecular weight excluding hydrogens is 430 g/mol. The number of hydrogen-bond donors (Lipinski definition) is 2. The number of carboxylic acid groups (broad SMARTS) is 1. The number of benzene rings is 1. The third kappa shape index (κ3) is 4.29. The summed E-state index contributed by atoms with van der Waals surface area (Å²) in [5.41, 5.74) is 1.33. The van der Waals surface area contributed by atoms with Crippen LogP contribution in [0, 0.1) is 0 Å². The highest BCUT2D eigenvalue weighted by Gasteiger charge is 2.40. The lowest BCUT2D eigenvalue weighted by Gasteiger charge is -2.37. The maximum Gasteiger partial charge on any atom is 0.335 e. The Hall–Kier alpha value is -2.43. The summed E-state index contributed by atoms with van der Waals surface area (Å²) in [7, 11) is -3.91. The van der Waals surface area contributed by atoms with Crippen molar-refractivity contribution < 1.29 is 18.3 Å². The lowest BCUT2D eigenvalue weighted by Crippen LogP contribution is -2.54. The van der Waals surface area contributed by atoms with Gasteiger partial charge in [0, 0.05) is 11.8 Å². The van der Waals surface area contributed by atoms with Gasteiger partial charge in [0.2, 0.25) is 10.0 Å². The summed E-state index contributed by atoms with van der Waals surface area (Å²) in [6.45, 7) is 1.52. The number of aliphatic carboxylic acids is 1. The Bertz CT molecular complexity index is 1080. The fourth-order valence-corrected chi connectivity index (χ4v) is 5.99. The fraction of sp³-hybridized carbons (Fsp3) is 0.211. The Morgan fingerprint density at radius 2 is 1.97 bits per heavy atom. The number of aromatic nitrogens is 1. The minimum absolute atomic E-state index is 0.0654. The molecule has 1 aromatic carbocycles. The highest BCUT2D eigenvalue weighted by atomic mass is 32.2. The Morgan fingerprint density at radius 1 is 1.28 bits per heavy atom. The minimum Gasteiger partial charge on any atom is -0.478 e. The van der Waals surface area contributed by atoms with E-state index in [4.69, 9.17) is 12.2 Å². The Morgan fingerprint density at radius 3 is 2.59 bits per heavy atom. The number of carboxylic acids is 1. The zero-order valence-corrected chi connectivity index (χ0v) is 18.1. The third-order valence-corrected chi connectivity index (χ3v) is 7.35. The van der Waals surface area contributed by atoms with Crippen LogP contribution < -0.4 is 5.32 Å². The van der Waals surface area contributed by atoms with Crippen LogP contribution in [0.3, 0.4) is 0 Å². The summed E-state index contributed by atoms with van der Waals surface area (Å²) < 4.78 is 27.1. The number of hydrogen-bond acceptors (Lipinski definition) is 6. The van der Waals surface area contributed by atoms with Crippen molar-refractivity contribution in [1.29, 1.82) is 0 Å². The smallest absolute Gasteiger partial charge is 0.335 e. The highest BCUT2D eigenvalue weighted by Crippen LogP contribution is 2.32. The molecule has 29 heavy (non-hydrogen) atoms. The molecule has 1 aliphatic heterocycles. The number of rotatable bonds is 6. The summed E-state index contributed by atoms with van der Waals surface area (Å²) >= 11 is 6.71. The molecule has 0 aliphatic carbocycles. The van der Waals surface area contributed by atoms with Crippen LogP contribution in [0.1, 0.15) is 18.1 Å². The summed E-state index contributed by atoms with van der Waals surface area (Å²) in [5.74, 6) is -1.51. The SMILES string of the molecule is CSc1ncccc1C1=C(C(=O)O)C(C)N(S(=O)(=O)Cc2ccccc2)C(=S)N1. The fourth-order valence-electron chi connectivity index (χ4n) is 3.19. The summed E-state index contributed by atoms with van der Waals surface area (Å²) in [6, 6.07) is 11.1. The monoisotopic (exact) mass is 449 g/mol. The minimum atomic E-state index is -3.91. The number of carbonyl (C=O) groups is 1. The van der Waals surface area contributed by atoms with Gasteiger partial charge in [0.15, 0.2) is 5.11 Å². The van der Waals surface area contributed by atoms with Crippen LogP contribution >= 0.6 is 24.0 Å². The molecule has 2 aromatic rings. The van der Waals surface area contributed by atoms with Crippen LogP contribution in [0.2, 0.25) is 0 Å². The van der Waals surface area contributed by atoms with Crippen molar-refractivity contribution in [2.45, 2.75) is 23.7 Å². The molecule has 1 aromatic heterocycles. The predicted octanol–water partition coefficient (Wildman–Crippen LogP) is 2.71. The van der Waals surface area contributed by atoms with Crippen LogP contribution in [0.5, 0.6) is 0 Å². The highest BCUT2D eigenvalue weighted by molar-refractivity contribution is 7.98. The van der Waals surface area contributed by atoms with Crippen molar-refractivity contribution >= 4 is 50.8 Å². The third-order valence-electron chi connectivity index (χ3n) is 4.43. The number of sulfonamides is 1. The van der Waals surface area contributed by atoms with Crippen molar-refractivity contribution in [2.24, 2.45) is 0 Å². The van der Waals surface area contributed by atoms with E-state index in [0.29, 0.717) is 16.2 Å². The zero-order valence-electron chi connectivity index (χ0n) is 15.7. The number of thioether (sulfide) groups is 1. The first-order chi connectivity index (χ1) is 13.8. The molecule has 1 atom stereocenters. The van der Waals surface area contributed by atoms with Gasteiger partial charge in [0.05, 0.1) is 23.1 Å². The maximum atomic E-state index is 13.1. The van der Waals surface area contributed by atoms with Crippen molar-refractivity contribution in [2.75, 3.05) is 6.26 Å². The van der Waals surface area contributed by atoms with E-state index in [2.05, 4.69) is 10.3 Å². The molecule has 2 heterocycles. The summed E-state index contributed by atoms with van der Waals surface area (Å²) in [6.07, 6.45) is 3.44. The number of nitrogens with one attached hydrogen (secondary N) is 1. The average molecular weight is 450 g/mol. The van der Waals surface area contributed by atoms with E-state index in [9.17, 15) is 18.3 Å². The summed E-state index contributed by atoms with van der Waals surface area (Å²) in [4.78, 5) is 16.4. The first-order valence-electron chi connectivity index (χ1n) is 8.60. The normalized spacial score (nSPS) is 17.2. The van der Waals surface area contributed by atoms with Crippen LogP contribution in [-0.4, -0.2) is 46.2 Å². The van der Waals surface area contributed by atoms with Gasteiger partial charge in [-0.05, 0) is 43.1 Å². The van der Waals surface area contributed by atoms with Gasteiger partial charge in [-0.3, -0.25) is 0 Å². The molecule has 0 spiro atoms. The molecule has 0 amide bonds. The van der Waals surface area contributed by atoms with E-state index in [1.807, 2.05) is 6.26 Å². The predicted molar refractivity (Wildman–Crippen MR) is 117 cm³/mol. The van der Waals surface area contributed by atoms with Crippen LogP contribution in [0.25, 0.3) is 5.70 Å². The molecule has 0 radical (unpaired) electrons.